The molecule has 1 aromatic carbocycles. The standard InChI is InChI=1S/C23H32N8O7/c1-38-18-12-13(31(36)37)6-7-14(18)28-20(33)15(4-2-10-26-23(24)25)29-21(34)17-5-3-11-30(17)22(35)16-8-9-19(32)27-16/h6-7,12,15-17H,2-5,8-11H2,1H3,(H,27,32)(H,28,33)(H,29,34)(H4,24,25,26). The van der Waals surface area contributed by atoms with Crippen molar-refractivity contribution in [1.29, 1.82) is 0 Å². The van der Waals surface area contributed by atoms with E-state index in [2.05, 4.69) is 20.9 Å². The molecule has 0 saturated carbocycles. The highest BCUT2D eigenvalue weighted by Gasteiger charge is 2.40. The molecule has 4 amide bonds. The van der Waals surface area contributed by atoms with Gasteiger partial charge in [0.15, 0.2) is 5.96 Å². The van der Waals surface area contributed by atoms with E-state index in [0.29, 0.717) is 32.2 Å². The number of anilines is 1. The molecule has 0 radical (unpaired) electrons. The van der Waals surface area contributed by atoms with Crippen molar-refractivity contribution in [2.75, 3.05) is 25.5 Å². The zero-order chi connectivity index (χ0) is 27.8. The number of nitrogens with one attached hydrogen (secondary N) is 3. The van der Waals surface area contributed by atoms with Crippen molar-refractivity contribution >= 4 is 41.0 Å². The summed E-state index contributed by atoms with van der Waals surface area (Å²) < 4.78 is 5.17. The number of aliphatic imine (C=N–C) groups is 1. The molecule has 206 valence electrons. The minimum Gasteiger partial charge on any atom is -0.494 e. The highest BCUT2D eigenvalue weighted by molar-refractivity contribution is 6.00. The number of non-ortho nitro benzene ring substituents is 1. The smallest absolute Gasteiger partial charge is 0.273 e. The van der Waals surface area contributed by atoms with Crippen LogP contribution in [0.15, 0.2) is 23.2 Å². The summed E-state index contributed by atoms with van der Waals surface area (Å²) in [4.78, 5) is 66.8. The Balaban J connectivity index is 1.73. The number of benzene rings is 1. The molecule has 38 heavy (non-hydrogen) atoms. The first-order chi connectivity index (χ1) is 18.1. The molecular formula is C23H32N8O7. The molecule has 3 unspecified atom stereocenters. The lowest BCUT2D eigenvalue weighted by molar-refractivity contribution is -0.384. The van der Waals surface area contributed by atoms with Gasteiger partial charge in [-0.25, -0.2) is 0 Å². The average Bonchev–Trinajstić information content (AvgIpc) is 3.54. The number of nitro groups is 1. The van der Waals surface area contributed by atoms with Crippen LogP contribution in [0.4, 0.5) is 11.4 Å². The van der Waals surface area contributed by atoms with Crippen molar-refractivity contribution < 1.29 is 28.8 Å². The minimum absolute atomic E-state index is 0.0734. The van der Waals surface area contributed by atoms with Crippen LogP contribution in [0.2, 0.25) is 0 Å². The highest BCUT2D eigenvalue weighted by atomic mass is 16.6. The third-order valence-corrected chi connectivity index (χ3v) is 6.36. The van der Waals surface area contributed by atoms with E-state index in [-0.39, 0.29) is 54.3 Å². The second-order valence-corrected chi connectivity index (χ2v) is 8.99. The Labute approximate surface area is 218 Å². The van der Waals surface area contributed by atoms with Crippen molar-refractivity contribution in [1.82, 2.24) is 15.5 Å². The Morgan fingerprint density at radius 1 is 1.32 bits per heavy atom. The number of carbonyl (C=O) groups is 4. The van der Waals surface area contributed by atoms with Gasteiger partial charge in [0.1, 0.15) is 23.9 Å². The van der Waals surface area contributed by atoms with Crippen LogP contribution in [0.1, 0.15) is 38.5 Å². The van der Waals surface area contributed by atoms with E-state index in [4.69, 9.17) is 16.2 Å². The van der Waals surface area contributed by atoms with E-state index in [1.807, 2.05) is 0 Å². The third kappa shape index (κ3) is 7.08. The quantitative estimate of drug-likeness (QED) is 0.0801. The van der Waals surface area contributed by atoms with Gasteiger partial charge in [0.25, 0.3) is 5.69 Å². The van der Waals surface area contributed by atoms with E-state index in [9.17, 15) is 29.3 Å². The van der Waals surface area contributed by atoms with E-state index >= 15 is 0 Å². The van der Waals surface area contributed by atoms with E-state index in [1.165, 1.54) is 30.2 Å². The van der Waals surface area contributed by atoms with Crippen LogP contribution in [-0.4, -0.2) is 77.7 Å². The first-order valence-corrected chi connectivity index (χ1v) is 12.2. The number of likely N-dealkylation sites (tertiary alicyclic amines) is 1. The Morgan fingerprint density at radius 2 is 2.08 bits per heavy atom. The molecule has 0 spiro atoms. The van der Waals surface area contributed by atoms with Crippen molar-refractivity contribution in [2.24, 2.45) is 16.5 Å². The molecule has 7 N–H and O–H groups in total. The number of hydrogen-bond acceptors (Lipinski definition) is 8. The Hall–Kier alpha value is -4.43. The van der Waals surface area contributed by atoms with Crippen LogP contribution in [0.25, 0.3) is 0 Å². The zero-order valence-electron chi connectivity index (χ0n) is 21.0. The van der Waals surface area contributed by atoms with E-state index < -0.39 is 34.9 Å². The van der Waals surface area contributed by atoms with Gasteiger partial charge >= 0.3 is 0 Å². The number of amides is 4. The zero-order valence-corrected chi connectivity index (χ0v) is 21.0. The van der Waals surface area contributed by atoms with Crippen molar-refractivity contribution in [3.05, 3.63) is 28.3 Å². The summed E-state index contributed by atoms with van der Waals surface area (Å²) in [7, 11) is 1.31. The average molecular weight is 533 g/mol. The fourth-order valence-electron chi connectivity index (χ4n) is 4.46. The normalized spacial score (nSPS) is 19.3. The lowest BCUT2D eigenvalue weighted by Gasteiger charge is -2.28. The maximum absolute atomic E-state index is 13.3. The number of methoxy groups -OCH3 is 1. The second-order valence-electron chi connectivity index (χ2n) is 8.99. The number of rotatable bonds is 11. The summed E-state index contributed by atoms with van der Waals surface area (Å²) in [6, 6.07) is 1.24. The molecule has 2 fully saturated rings. The van der Waals surface area contributed by atoms with Crippen LogP contribution in [0.5, 0.6) is 5.75 Å². The maximum atomic E-state index is 13.3. The largest absolute Gasteiger partial charge is 0.494 e. The topological polar surface area (TPSA) is 224 Å². The first kappa shape index (κ1) is 28.1. The lowest BCUT2D eigenvalue weighted by atomic mass is 10.1. The molecular weight excluding hydrogens is 500 g/mol. The van der Waals surface area contributed by atoms with Gasteiger partial charge in [-0.1, -0.05) is 0 Å². The van der Waals surface area contributed by atoms with Gasteiger partial charge < -0.3 is 37.1 Å². The molecule has 15 heteroatoms. The van der Waals surface area contributed by atoms with Crippen LogP contribution in [-0.2, 0) is 19.2 Å². The molecule has 2 saturated heterocycles. The molecule has 2 aliphatic rings. The molecule has 0 aliphatic carbocycles. The van der Waals surface area contributed by atoms with E-state index in [1.54, 1.807) is 0 Å². The number of hydrogen-bond donors (Lipinski definition) is 5. The van der Waals surface area contributed by atoms with Gasteiger partial charge in [0, 0.05) is 25.6 Å². The summed E-state index contributed by atoms with van der Waals surface area (Å²) in [5.41, 5.74) is 10.7. The third-order valence-electron chi connectivity index (χ3n) is 6.36. The molecule has 3 atom stereocenters. The van der Waals surface area contributed by atoms with Gasteiger partial charge in [0.05, 0.1) is 23.8 Å². The summed E-state index contributed by atoms with van der Waals surface area (Å²) >= 11 is 0. The van der Waals surface area contributed by atoms with Gasteiger partial charge in [0.2, 0.25) is 23.6 Å². The van der Waals surface area contributed by atoms with Crippen LogP contribution in [0.3, 0.4) is 0 Å². The fraction of sp³-hybridized carbons (Fsp3) is 0.522. The number of ether oxygens (including phenoxy) is 1. The predicted molar refractivity (Wildman–Crippen MR) is 136 cm³/mol. The number of nitrogens with two attached hydrogens (primary N) is 2. The maximum Gasteiger partial charge on any atom is 0.273 e. The molecule has 0 bridgehead atoms. The summed E-state index contributed by atoms with van der Waals surface area (Å²) in [5, 5.41) is 19.1. The summed E-state index contributed by atoms with van der Waals surface area (Å²) in [5.74, 6) is -1.65. The Morgan fingerprint density at radius 3 is 2.71 bits per heavy atom. The molecule has 1 aromatic rings. The molecule has 2 heterocycles. The van der Waals surface area contributed by atoms with Crippen molar-refractivity contribution in [3.8, 4) is 5.75 Å². The molecule has 0 aromatic heterocycles. The summed E-state index contributed by atoms with van der Waals surface area (Å²) in [6.07, 6.45) is 2.17. The minimum atomic E-state index is -1.03. The second kappa shape index (κ2) is 12.7. The van der Waals surface area contributed by atoms with Gasteiger partial charge in [-0.3, -0.25) is 34.3 Å². The number of nitrogens with zero attached hydrogens (tertiary/aromatic N) is 3. The Kier molecular flexibility index (Phi) is 9.40. The number of carbonyl (C=O) groups excluding carboxylic acids is 4. The first-order valence-electron chi connectivity index (χ1n) is 12.2. The molecule has 3 rings (SSSR count). The number of nitro benzene ring substituents is 1. The molecule has 2 aliphatic heterocycles. The van der Waals surface area contributed by atoms with Gasteiger partial charge in [-0.05, 0) is 38.2 Å². The van der Waals surface area contributed by atoms with Gasteiger partial charge in [-0.15, -0.1) is 0 Å². The fourth-order valence-corrected chi connectivity index (χ4v) is 4.46. The monoisotopic (exact) mass is 532 g/mol. The predicted octanol–water partition coefficient (Wildman–Crippen LogP) is -0.650. The highest BCUT2D eigenvalue weighted by Crippen LogP contribution is 2.29. The van der Waals surface area contributed by atoms with E-state index in [0.717, 1.165) is 0 Å². The van der Waals surface area contributed by atoms with Crippen molar-refractivity contribution in [3.63, 3.8) is 0 Å². The summed E-state index contributed by atoms with van der Waals surface area (Å²) in [6.45, 7) is 0.586. The van der Waals surface area contributed by atoms with Crippen LogP contribution in [0, 0.1) is 10.1 Å². The van der Waals surface area contributed by atoms with Crippen molar-refractivity contribution in [2.45, 2.75) is 56.7 Å². The van der Waals surface area contributed by atoms with Crippen LogP contribution >= 0.6 is 0 Å². The Bertz CT molecular complexity index is 1120. The SMILES string of the molecule is COc1cc([N+](=O)[O-])ccc1NC(=O)C(CCCN=C(N)N)NC(=O)C1CCCN1C(=O)C1CCC(=O)N1. The van der Waals surface area contributed by atoms with Crippen LogP contribution < -0.4 is 32.2 Å². The van der Waals surface area contributed by atoms with Gasteiger partial charge in [-0.2, -0.15) is 0 Å². The number of guanidine groups is 1. The lowest BCUT2D eigenvalue weighted by Crippen LogP contribution is -2.54. The molecule has 15 nitrogen and oxygen atoms in total.